The first kappa shape index (κ1) is 9.89. The first-order chi connectivity index (χ1) is 5.36. The quantitative estimate of drug-likeness (QED) is 0.654. The minimum atomic E-state index is 0.506. The Balaban J connectivity index is 1.90. The molecule has 2 nitrogen and oxygen atoms in total. The number of rotatable bonds is 6. The van der Waals surface area contributed by atoms with E-state index in [2.05, 4.69) is 6.92 Å². The summed E-state index contributed by atoms with van der Waals surface area (Å²) < 4.78 is 10.5. The molecule has 1 aliphatic heterocycles. The zero-order valence-electron chi connectivity index (χ0n) is 7.01. The van der Waals surface area contributed by atoms with Crippen molar-refractivity contribution in [2.24, 2.45) is 0 Å². The maximum absolute atomic E-state index is 5.35. The van der Waals surface area contributed by atoms with E-state index in [1.165, 1.54) is 44.4 Å². The van der Waals surface area contributed by atoms with Crippen LogP contribution in [0.1, 0.15) is 32.6 Å². The summed E-state index contributed by atoms with van der Waals surface area (Å²) in [6.45, 7) is 3.18. The van der Waals surface area contributed by atoms with Crippen LogP contribution in [0.15, 0.2) is 0 Å². The molecule has 0 aromatic rings. The van der Waals surface area contributed by atoms with Crippen LogP contribution in [0.5, 0.6) is 0 Å². The van der Waals surface area contributed by atoms with Crippen molar-refractivity contribution in [2.75, 3.05) is 6.61 Å². The number of ether oxygens (including phenoxy) is 1. The Morgan fingerprint density at radius 1 is 1.73 bits per heavy atom. The molecule has 0 aromatic heterocycles. The Bertz CT molecular complexity index is 100. The fourth-order valence-corrected chi connectivity index (χ4v) is 1.85. The predicted octanol–water partition coefficient (Wildman–Crippen LogP) is 1.81. The molecule has 0 aliphatic carbocycles. The van der Waals surface area contributed by atoms with E-state index < -0.39 is 0 Å². The molecule has 0 saturated carbocycles. The van der Waals surface area contributed by atoms with Crippen molar-refractivity contribution in [1.29, 1.82) is 0 Å². The van der Waals surface area contributed by atoms with Gasteiger partial charge in [-0.2, -0.15) is 0 Å². The van der Waals surface area contributed by atoms with Crippen LogP contribution in [0.2, 0.25) is 0 Å². The fraction of sp³-hybridized carbons (Fsp3) is 1.00. The Morgan fingerprint density at radius 2 is 2.45 bits per heavy atom. The van der Waals surface area contributed by atoms with Gasteiger partial charge in [-0.1, -0.05) is 0 Å². The molecule has 2 atom stereocenters. The average molecular weight is 234 g/mol. The van der Waals surface area contributed by atoms with Gasteiger partial charge in [0.15, 0.2) is 0 Å². The van der Waals surface area contributed by atoms with Crippen molar-refractivity contribution >= 4 is 0 Å². The van der Waals surface area contributed by atoms with Gasteiger partial charge < -0.3 is 0 Å². The maximum atomic E-state index is 5.35. The molecule has 63 valence electrons. The van der Waals surface area contributed by atoms with Crippen LogP contribution in [0, 0.1) is 0 Å². The Labute approximate surface area is 84.1 Å². The van der Waals surface area contributed by atoms with Crippen molar-refractivity contribution in [3.05, 3.63) is 0 Å². The molecule has 0 bridgehead atoms. The first-order valence-corrected chi connectivity index (χ1v) is 5.31. The molecule has 1 rings (SSSR count). The molecule has 0 amide bonds. The second-order valence-corrected chi connectivity index (χ2v) is 3.61. The molecule has 3 heteroatoms. The number of hydrogen-bond acceptors (Lipinski definition) is 2. The summed E-state index contributed by atoms with van der Waals surface area (Å²) >= 11 is 1.20. The summed E-state index contributed by atoms with van der Waals surface area (Å²) in [5.41, 5.74) is 0. The van der Waals surface area contributed by atoms with E-state index in [9.17, 15) is 0 Å². The molecular formula is C8H15O2Zr. The first-order valence-electron chi connectivity index (χ1n) is 4.30. The third kappa shape index (κ3) is 4.39. The average Bonchev–Trinajstić information content (AvgIpc) is 2.82. The molecule has 1 saturated heterocycles. The van der Waals surface area contributed by atoms with Crippen molar-refractivity contribution in [3.8, 4) is 0 Å². The monoisotopic (exact) mass is 233 g/mol. The van der Waals surface area contributed by atoms with Crippen molar-refractivity contribution < 1.29 is 32.7 Å². The van der Waals surface area contributed by atoms with E-state index in [0.29, 0.717) is 12.2 Å². The van der Waals surface area contributed by atoms with E-state index in [-0.39, 0.29) is 0 Å². The minimum absolute atomic E-state index is 0.506. The molecule has 0 radical (unpaired) electrons. The molecule has 0 N–H and O–H groups in total. The molecule has 11 heavy (non-hydrogen) atoms. The van der Waals surface area contributed by atoms with Gasteiger partial charge in [-0.15, -0.1) is 0 Å². The zero-order chi connectivity index (χ0) is 8.10. The van der Waals surface area contributed by atoms with Gasteiger partial charge >= 0.3 is 84.1 Å². The van der Waals surface area contributed by atoms with Crippen LogP contribution in [0.25, 0.3) is 0 Å². The second kappa shape index (κ2) is 5.45. The van der Waals surface area contributed by atoms with E-state index in [0.717, 1.165) is 13.0 Å². The van der Waals surface area contributed by atoms with Crippen LogP contribution < -0.4 is 0 Å². The summed E-state index contributed by atoms with van der Waals surface area (Å²) in [7, 11) is 0. The van der Waals surface area contributed by atoms with Crippen molar-refractivity contribution in [1.82, 2.24) is 0 Å². The molecule has 1 fully saturated rings. The third-order valence-corrected chi connectivity index (χ3v) is 2.90. The van der Waals surface area contributed by atoms with Gasteiger partial charge in [0.25, 0.3) is 0 Å². The van der Waals surface area contributed by atoms with E-state index >= 15 is 0 Å². The van der Waals surface area contributed by atoms with Gasteiger partial charge in [0.2, 0.25) is 0 Å². The number of epoxide rings is 1. The zero-order valence-corrected chi connectivity index (χ0v) is 9.46. The van der Waals surface area contributed by atoms with Crippen molar-refractivity contribution in [3.63, 3.8) is 0 Å². The molecular weight excluding hydrogens is 219 g/mol. The van der Waals surface area contributed by atoms with E-state index in [1.807, 2.05) is 0 Å². The molecule has 0 spiro atoms. The van der Waals surface area contributed by atoms with Crippen LogP contribution in [-0.2, 0) is 32.7 Å². The van der Waals surface area contributed by atoms with E-state index in [1.54, 1.807) is 0 Å². The summed E-state index contributed by atoms with van der Waals surface area (Å²) in [6.07, 6.45) is 5.95. The van der Waals surface area contributed by atoms with Gasteiger partial charge in [-0.25, -0.2) is 0 Å². The molecule has 0 aromatic carbocycles. The second-order valence-electron chi connectivity index (χ2n) is 3.03. The van der Waals surface area contributed by atoms with Crippen LogP contribution in [0.3, 0.4) is 0 Å². The summed E-state index contributed by atoms with van der Waals surface area (Å²) in [6, 6.07) is 0. The van der Waals surface area contributed by atoms with Gasteiger partial charge in [0, 0.05) is 0 Å². The van der Waals surface area contributed by atoms with Gasteiger partial charge in [-0.05, 0) is 0 Å². The SMILES string of the molecule is CCC(CCCC1CO1)[O][Zr]. The Morgan fingerprint density at radius 3 is 2.91 bits per heavy atom. The van der Waals surface area contributed by atoms with Gasteiger partial charge in [0.1, 0.15) is 0 Å². The summed E-state index contributed by atoms with van der Waals surface area (Å²) in [5, 5.41) is 0. The Hall–Kier alpha value is 0.803. The normalized spacial score (nSPS) is 24.9. The van der Waals surface area contributed by atoms with Crippen LogP contribution in [0.4, 0.5) is 0 Å². The number of hydrogen-bond donors (Lipinski definition) is 0. The summed E-state index contributed by atoms with van der Waals surface area (Å²) in [4.78, 5) is 0. The molecule has 2 unspecified atom stereocenters. The van der Waals surface area contributed by atoms with Crippen LogP contribution >= 0.6 is 0 Å². The van der Waals surface area contributed by atoms with Crippen molar-refractivity contribution in [2.45, 2.75) is 44.8 Å². The predicted molar refractivity (Wildman–Crippen MR) is 38.8 cm³/mol. The molecule has 1 aliphatic rings. The fourth-order valence-electron chi connectivity index (χ4n) is 1.15. The standard InChI is InChI=1S/C8H15O2.Zr/c1-2-7(9)4-3-5-8-6-10-8;/h7-8H,2-6H2,1H3;/q-1;+1. The summed E-state index contributed by atoms with van der Waals surface area (Å²) in [5.74, 6) is 0. The third-order valence-electron chi connectivity index (χ3n) is 2.08. The Kier molecular flexibility index (Phi) is 4.90. The van der Waals surface area contributed by atoms with E-state index in [4.69, 9.17) is 7.55 Å². The van der Waals surface area contributed by atoms with Gasteiger partial charge in [-0.3, -0.25) is 0 Å². The van der Waals surface area contributed by atoms with Crippen LogP contribution in [-0.4, -0.2) is 18.8 Å². The molecule has 1 heterocycles. The van der Waals surface area contributed by atoms with Gasteiger partial charge in [0.05, 0.1) is 0 Å². The topological polar surface area (TPSA) is 21.8 Å².